The van der Waals surface area contributed by atoms with Crippen molar-refractivity contribution in [2.24, 2.45) is 0 Å². The van der Waals surface area contributed by atoms with E-state index in [1.165, 1.54) is 28.8 Å². The van der Waals surface area contributed by atoms with Crippen molar-refractivity contribution < 1.29 is 70.9 Å². The van der Waals surface area contributed by atoms with Crippen LogP contribution in [-0.2, 0) is 77.0 Å². The lowest BCUT2D eigenvalue weighted by Crippen LogP contribution is -2.41. The van der Waals surface area contributed by atoms with Crippen molar-refractivity contribution in [1.82, 2.24) is 53.7 Å². The van der Waals surface area contributed by atoms with Crippen molar-refractivity contribution in [3.8, 4) is 0 Å². The molecule has 0 radical (unpaired) electrons. The highest BCUT2D eigenvalue weighted by molar-refractivity contribution is 14.1. The van der Waals surface area contributed by atoms with Crippen LogP contribution in [0.1, 0.15) is 209 Å². The van der Waals surface area contributed by atoms with Gasteiger partial charge in [-0.2, -0.15) is 0 Å². The first-order valence-electron chi connectivity index (χ1n) is 40.4. The number of hydrogen-bond donors (Lipinski definition) is 3. The number of benzene rings is 3. The maximum atomic E-state index is 13.9. The molecule has 3 aromatic carbocycles. The molecule has 0 aliphatic carbocycles. The topological polar surface area (TPSA) is 302 Å². The van der Waals surface area contributed by atoms with Crippen LogP contribution in [-0.4, -0.2) is 207 Å². The second-order valence-corrected chi connectivity index (χ2v) is 38.4. The molecular formula is C88H110BBrCl2FIN14O14. The molecule has 4 N–H and O–H groups in total. The molecule has 0 spiro atoms. The maximum Gasteiger partial charge on any atom is 0.495 e. The molecule has 3 unspecified atom stereocenters. The van der Waals surface area contributed by atoms with Gasteiger partial charge in [0.05, 0.1) is 102 Å². The van der Waals surface area contributed by atoms with Gasteiger partial charge in [-0.15, -0.1) is 0 Å². The average Bonchev–Trinajstić information content (AvgIpc) is 1.59. The Hall–Kier alpha value is -8.52. The van der Waals surface area contributed by atoms with Gasteiger partial charge in [0.25, 0.3) is 17.7 Å². The van der Waals surface area contributed by atoms with Gasteiger partial charge in [-0.1, -0.05) is 47.5 Å². The number of aromatic nitrogens is 5. The van der Waals surface area contributed by atoms with Crippen LogP contribution in [0.15, 0.2) is 102 Å². The van der Waals surface area contributed by atoms with Crippen LogP contribution in [0.2, 0.25) is 10.0 Å². The highest BCUT2D eigenvalue weighted by atomic mass is 127. The lowest BCUT2D eigenvalue weighted by molar-refractivity contribution is 0.00578. The van der Waals surface area contributed by atoms with E-state index in [2.05, 4.69) is 92.0 Å². The number of pyridine rings is 4. The number of halogens is 5. The molecule has 4 fully saturated rings. The van der Waals surface area contributed by atoms with Gasteiger partial charge >= 0.3 is 25.4 Å². The van der Waals surface area contributed by atoms with Crippen LogP contribution in [0, 0.1) is 9.52 Å². The second-order valence-electron chi connectivity index (χ2n) is 35.6. The van der Waals surface area contributed by atoms with Crippen molar-refractivity contribution in [2.45, 2.75) is 194 Å². The van der Waals surface area contributed by atoms with E-state index in [9.17, 15) is 33.2 Å². The molecule has 4 saturated heterocycles. The first-order chi connectivity index (χ1) is 57.2. The van der Waals surface area contributed by atoms with Gasteiger partial charge in [0.2, 0.25) is 0 Å². The molecule has 34 heteroatoms. The van der Waals surface area contributed by atoms with Crippen molar-refractivity contribution >= 4 is 145 Å². The van der Waals surface area contributed by atoms with Crippen molar-refractivity contribution in [2.75, 3.05) is 98.3 Å². The SMILES string of the molecule is CC(C)(C)OC(=O)N1Cc2c(Cl)ccc(Br)c2C1=O.CN(C)Cc1nc(N)ccc1C1CCOC1.CN(C)Cc1nc(Nc2ccc(B3OC(C)(C)C(C)(C)O3)c3c2C(=O)N(C(=O)OC(C)(C)C)C3)ccc1C1CCOC1.CN(C)Cc1nc(Nc2ccc(Cl)c3c2C(=O)N(C(=O)OC(C)(C)C)C3)ccc1C1CCOC1.Fc1ccn2c(I)cnc2c1. The quantitative estimate of drug-likeness (QED) is 0.0517. The maximum absolute atomic E-state index is 13.9. The fourth-order valence-corrected chi connectivity index (χ4v) is 16.1. The van der Waals surface area contributed by atoms with Gasteiger partial charge in [0.15, 0.2) is 0 Å². The molecular weight excluding hydrogens is 1780 g/mol. The minimum absolute atomic E-state index is 0.0535. The summed E-state index contributed by atoms with van der Waals surface area (Å²) in [5.41, 5.74) is 14.7. The van der Waals surface area contributed by atoms with Gasteiger partial charge in [-0.25, -0.2) is 53.4 Å². The Kier molecular flexibility index (Phi) is 30.1. The summed E-state index contributed by atoms with van der Waals surface area (Å²) in [5.74, 6) is 1.45. The number of nitrogens with zero attached hydrogens (tertiary/aromatic N) is 11. The highest BCUT2D eigenvalue weighted by Gasteiger charge is 2.54. The summed E-state index contributed by atoms with van der Waals surface area (Å²) < 4.78 is 61.6. The Morgan fingerprint density at radius 3 is 1.36 bits per heavy atom. The Morgan fingerprint density at radius 2 is 0.951 bits per heavy atom. The van der Waals surface area contributed by atoms with Crippen LogP contribution in [0.5, 0.6) is 0 Å². The first-order valence-corrected chi connectivity index (χ1v) is 43.1. The number of imide groups is 3. The lowest BCUT2D eigenvalue weighted by atomic mass is 9.74. The van der Waals surface area contributed by atoms with Crippen molar-refractivity contribution in [3.05, 3.63) is 189 Å². The largest absolute Gasteiger partial charge is 0.495 e. The van der Waals surface area contributed by atoms with Gasteiger partial charge < -0.3 is 68.8 Å². The molecule has 7 aliphatic heterocycles. The highest BCUT2D eigenvalue weighted by Crippen LogP contribution is 2.43. The third-order valence-corrected chi connectivity index (χ3v) is 23.2. The smallest absolute Gasteiger partial charge is 0.443 e. The summed E-state index contributed by atoms with van der Waals surface area (Å²) in [6, 6.07) is 25.4. The molecule has 28 nitrogen and oxygen atoms in total. The standard InChI is InChI=1S/C31H43BN4O6.C25H31ClN4O4.C13H13BrClNO3.C12H19N3O.C7H4FIN2/c1-29(2,3)40-28(38)36-16-21-22(32-41-30(4,5)31(6,7)42-32)11-12-23(26(21)27(36)37)33-25-13-10-20(19-14-15-39-18-19)24(34-25)17-35(8)9;1-25(2,3)34-24(32)30-12-17-18(26)7-8-19(22(17)23(30)31)27-21-9-6-16(15-10-11-33-14-15)20(28-21)13-29(4)5;1-13(2,3)19-12(18)16-6-7-9(15)5-4-8(14)10(7)11(16)17;1-15(2)7-11-10(3-4-12(13)14-11)9-5-6-16-8-9;8-5-1-2-11-6(9)4-10-7(11)3-5/h10-13,19H,14-18H2,1-9H3,(H,33,34);6-9,15H,10-14H2,1-5H3,(H,27,28);4-5H,6H2,1-3H3;3-4,9H,5-8H2,1-2H3,(H2,13,14);1-4H. The molecule has 8 aromatic rings. The fraction of sp³-hybridized carbons (Fsp3) is 0.477. The molecule has 5 aromatic heterocycles. The average molecular weight is 1900 g/mol. The van der Waals surface area contributed by atoms with E-state index in [0.29, 0.717) is 132 Å². The molecule has 6 amide bonds. The monoisotopic (exact) mass is 1890 g/mol. The Balaban J connectivity index is 0.000000160. The molecule has 12 heterocycles. The molecule has 0 bridgehead atoms. The molecule has 15 rings (SSSR count). The zero-order valence-electron chi connectivity index (χ0n) is 72.8. The number of carbonyl (C=O) groups is 6. The number of nitrogens with two attached hydrogens (primary N) is 1. The summed E-state index contributed by atoms with van der Waals surface area (Å²) in [6.07, 6.45) is 4.37. The number of amides is 6. The molecule has 3 atom stereocenters. The summed E-state index contributed by atoms with van der Waals surface area (Å²) in [7, 11) is 11.4. The fourth-order valence-electron chi connectivity index (χ4n) is 14.6. The normalized spacial score (nSPS) is 18.3. The Morgan fingerprint density at radius 1 is 0.566 bits per heavy atom. The predicted octanol–water partition coefficient (Wildman–Crippen LogP) is 16.8. The number of imidazole rings is 1. The number of ether oxygens (including phenoxy) is 6. The van der Waals surface area contributed by atoms with Crippen molar-refractivity contribution in [3.63, 3.8) is 0 Å². The number of nitrogen functional groups attached to an aromatic ring is 1. The summed E-state index contributed by atoms with van der Waals surface area (Å²) >= 11 is 17.9. The van der Waals surface area contributed by atoms with E-state index in [1.54, 1.807) is 99.0 Å². The van der Waals surface area contributed by atoms with E-state index in [1.807, 2.05) is 105 Å². The third-order valence-electron chi connectivity index (χ3n) is 21.0. The minimum atomic E-state index is -0.749. The van der Waals surface area contributed by atoms with E-state index in [-0.39, 0.29) is 25.5 Å². The third kappa shape index (κ3) is 23.1. The molecule has 7 aliphatic rings. The number of hydrogen-bond acceptors (Lipinski definition) is 24. The van der Waals surface area contributed by atoms with E-state index < -0.39 is 71.1 Å². The number of nitrogens with one attached hydrogen (secondary N) is 2. The Labute approximate surface area is 745 Å². The summed E-state index contributed by atoms with van der Waals surface area (Å²) in [4.78, 5) is 105. The Bertz CT molecular complexity index is 5200. The molecule has 654 valence electrons. The van der Waals surface area contributed by atoms with Gasteiger partial charge in [0.1, 0.15) is 49.4 Å². The minimum Gasteiger partial charge on any atom is -0.443 e. The number of fused-ring (bicyclic) bond motifs is 4. The van der Waals surface area contributed by atoms with Gasteiger partial charge in [-0.3, -0.25) is 18.8 Å². The van der Waals surface area contributed by atoms with Crippen LogP contribution < -0.4 is 21.8 Å². The predicted molar refractivity (Wildman–Crippen MR) is 479 cm³/mol. The number of carbonyl (C=O) groups excluding carboxylic acids is 6. The zero-order valence-corrected chi connectivity index (χ0v) is 78.0. The van der Waals surface area contributed by atoms with Crippen LogP contribution >= 0.6 is 61.7 Å². The zero-order chi connectivity index (χ0) is 89.0. The van der Waals surface area contributed by atoms with Crippen LogP contribution in [0.4, 0.5) is 47.6 Å². The van der Waals surface area contributed by atoms with Crippen molar-refractivity contribution in [1.29, 1.82) is 0 Å². The van der Waals surface area contributed by atoms with Gasteiger partial charge in [-0.05, 0) is 272 Å². The molecule has 0 saturated carbocycles. The van der Waals surface area contributed by atoms with E-state index in [0.717, 1.165) is 87.7 Å². The molecule has 122 heavy (non-hydrogen) atoms. The second kappa shape index (κ2) is 38.9. The van der Waals surface area contributed by atoms with Crippen LogP contribution in [0.25, 0.3) is 5.65 Å². The number of anilines is 5. The summed E-state index contributed by atoms with van der Waals surface area (Å²) in [5, 5.41) is 7.56. The summed E-state index contributed by atoms with van der Waals surface area (Å²) in [6.45, 7) is 30.8. The van der Waals surface area contributed by atoms with Crippen LogP contribution in [0.3, 0.4) is 0 Å². The lowest BCUT2D eigenvalue weighted by Gasteiger charge is -2.32. The van der Waals surface area contributed by atoms with Gasteiger partial charge in [0, 0.05) is 95.1 Å². The number of rotatable bonds is 14. The van der Waals surface area contributed by atoms with E-state index in [4.69, 9.17) is 76.6 Å². The first kappa shape index (κ1) is 94.2. The van der Waals surface area contributed by atoms with E-state index >= 15 is 0 Å².